The zero-order valence-corrected chi connectivity index (χ0v) is 25.0. The van der Waals surface area contributed by atoms with Crippen LogP contribution in [0.5, 0.6) is 5.75 Å². The van der Waals surface area contributed by atoms with Crippen LogP contribution in [0.4, 0.5) is 22.0 Å². The molecule has 0 bridgehead atoms. The largest absolute Gasteiger partial charge is 0.486 e. The molecular weight excluding hydrogens is 584 g/mol. The Kier molecular flexibility index (Phi) is 7.69. The number of halogens is 1. The number of nitrogens with one attached hydrogen (secondary N) is 1. The van der Waals surface area contributed by atoms with E-state index in [9.17, 15) is 14.9 Å². The summed E-state index contributed by atoms with van der Waals surface area (Å²) in [6.07, 6.45) is 2.76. The van der Waals surface area contributed by atoms with E-state index in [1.54, 1.807) is 35.4 Å². The maximum absolute atomic E-state index is 12.4. The summed E-state index contributed by atoms with van der Waals surface area (Å²) in [5.41, 5.74) is 1.48. The van der Waals surface area contributed by atoms with Crippen LogP contribution in [0.25, 0.3) is 10.9 Å². The van der Waals surface area contributed by atoms with Gasteiger partial charge in [0.15, 0.2) is 0 Å². The number of likely N-dealkylation sites (tertiary alicyclic amines) is 1. The van der Waals surface area contributed by atoms with Crippen LogP contribution in [-0.2, 0) is 11.3 Å². The summed E-state index contributed by atoms with van der Waals surface area (Å²) < 4.78 is 11.3. The van der Waals surface area contributed by atoms with Gasteiger partial charge in [-0.25, -0.2) is 14.8 Å². The number of benzene rings is 2. The summed E-state index contributed by atoms with van der Waals surface area (Å²) in [5, 5.41) is 16.1. The SMILES string of the molecule is CC(C)(C)OC(=O)N1CC2C(C#Cc3cc4ncnc(Nc5ccc(OCc6ccccn6)c(Cl)c5)c4cc3[N+](=O)[O-])C2C1. The minimum Gasteiger partial charge on any atom is -0.486 e. The number of hydrogen-bond acceptors (Lipinski definition) is 9. The van der Waals surface area contributed by atoms with Gasteiger partial charge in [-0.2, -0.15) is 0 Å². The summed E-state index contributed by atoms with van der Waals surface area (Å²) in [4.78, 5) is 38.6. The highest BCUT2D eigenvalue weighted by Gasteiger charge is 2.56. The number of amides is 1. The van der Waals surface area contributed by atoms with Crippen molar-refractivity contribution in [2.45, 2.75) is 33.0 Å². The van der Waals surface area contributed by atoms with Crippen LogP contribution in [0.2, 0.25) is 5.02 Å². The Labute approximate surface area is 258 Å². The van der Waals surface area contributed by atoms with Gasteiger partial charge in [-0.15, -0.1) is 0 Å². The quantitative estimate of drug-likeness (QED) is 0.150. The van der Waals surface area contributed by atoms with Gasteiger partial charge in [0.1, 0.15) is 35.7 Å². The molecule has 12 heteroatoms. The molecule has 2 unspecified atom stereocenters. The lowest BCUT2D eigenvalue weighted by Crippen LogP contribution is -2.37. The van der Waals surface area contributed by atoms with Gasteiger partial charge >= 0.3 is 6.09 Å². The number of nitro groups is 1. The zero-order valence-electron chi connectivity index (χ0n) is 24.3. The molecule has 2 fully saturated rings. The monoisotopic (exact) mass is 612 g/mol. The molecule has 44 heavy (non-hydrogen) atoms. The molecule has 1 saturated heterocycles. The molecule has 11 nitrogen and oxygen atoms in total. The molecule has 1 saturated carbocycles. The van der Waals surface area contributed by atoms with Gasteiger partial charge in [0.25, 0.3) is 5.69 Å². The maximum atomic E-state index is 12.4. The second-order valence-corrected chi connectivity index (χ2v) is 12.2. The van der Waals surface area contributed by atoms with Crippen molar-refractivity contribution in [1.82, 2.24) is 19.9 Å². The van der Waals surface area contributed by atoms with Crippen LogP contribution in [-0.4, -0.2) is 49.6 Å². The molecule has 6 rings (SSSR count). The van der Waals surface area contributed by atoms with E-state index in [-0.39, 0.29) is 41.7 Å². The first-order valence-corrected chi connectivity index (χ1v) is 14.5. The molecule has 2 aliphatic rings. The van der Waals surface area contributed by atoms with E-state index < -0.39 is 10.5 Å². The Morgan fingerprint density at radius 1 is 1.14 bits per heavy atom. The van der Waals surface area contributed by atoms with Crippen LogP contribution in [0, 0.1) is 39.7 Å². The third-order valence-electron chi connectivity index (χ3n) is 7.47. The summed E-state index contributed by atoms with van der Waals surface area (Å²) in [7, 11) is 0. The summed E-state index contributed by atoms with van der Waals surface area (Å²) >= 11 is 6.47. The number of rotatable bonds is 6. The van der Waals surface area contributed by atoms with Crippen LogP contribution in [0.15, 0.2) is 61.1 Å². The smallest absolute Gasteiger partial charge is 0.410 e. The molecule has 0 radical (unpaired) electrons. The number of carbonyl (C=O) groups is 1. The van der Waals surface area contributed by atoms with Crippen molar-refractivity contribution in [3.63, 3.8) is 0 Å². The Hall–Kier alpha value is -4.95. The third kappa shape index (κ3) is 6.35. The second-order valence-electron chi connectivity index (χ2n) is 11.8. The lowest BCUT2D eigenvalue weighted by atomic mass is 10.1. The highest BCUT2D eigenvalue weighted by molar-refractivity contribution is 6.32. The van der Waals surface area contributed by atoms with E-state index in [2.05, 4.69) is 32.1 Å². The van der Waals surface area contributed by atoms with E-state index in [0.29, 0.717) is 46.3 Å². The molecule has 2 atom stereocenters. The van der Waals surface area contributed by atoms with E-state index in [1.807, 2.05) is 39.0 Å². The van der Waals surface area contributed by atoms with E-state index in [4.69, 9.17) is 21.1 Å². The third-order valence-corrected chi connectivity index (χ3v) is 7.76. The molecule has 2 aromatic carbocycles. The molecular formula is C32H29ClN6O5. The Morgan fingerprint density at radius 3 is 2.61 bits per heavy atom. The summed E-state index contributed by atoms with van der Waals surface area (Å²) in [5.74, 6) is 7.67. The molecule has 1 aliphatic heterocycles. The van der Waals surface area contributed by atoms with E-state index >= 15 is 0 Å². The number of anilines is 2. The lowest BCUT2D eigenvalue weighted by Gasteiger charge is -2.25. The van der Waals surface area contributed by atoms with Crippen molar-refractivity contribution >= 4 is 45.8 Å². The van der Waals surface area contributed by atoms with Gasteiger partial charge in [-0.05, 0) is 69.0 Å². The van der Waals surface area contributed by atoms with E-state index in [1.165, 1.54) is 12.4 Å². The molecule has 0 spiro atoms. The normalized spacial score (nSPS) is 18.6. The zero-order chi connectivity index (χ0) is 31.0. The molecule has 1 N–H and O–H groups in total. The average molecular weight is 613 g/mol. The summed E-state index contributed by atoms with van der Waals surface area (Å²) in [6, 6.07) is 13.8. The highest BCUT2D eigenvalue weighted by Crippen LogP contribution is 2.51. The van der Waals surface area contributed by atoms with Crippen molar-refractivity contribution in [3.05, 3.63) is 87.4 Å². The van der Waals surface area contributed by atoms with Crippen LogP contribution < -0.4 is 10.1 Å². The number of fused-ring (bicyclic) bond motifs is 2. The van der Waals surface area contributed by atoms with Crippen molar-refractivity contribution in [2.75, 3.05) is 18.4 Å². The topological polar surface area (TPSA) is 133 Å². The predicted octanol–water partition coefficient (Wildman–Crippen LogP) is 6.37. The minimum atomic E-state index is -0.551. The van der Waals surface area contributed by atoms with Crippen molar-refractivity contribution in [1.29, 1.82) is 0 Å². The van der Waals surface area contributed by atoms with Crippen molar-refractivity contribution in [3.8, 4) is 17.6 Å². The number of nitrogens with zero attached hydrogens (tertiary/aromatic N) is 5. The fourth-order valence-electron chi connectivity index (χ4n) is 5.29. The van der Waals surface area contributed by atoms with Crippen molar-refractivity contribution in [2.24, 2.45) is 17.8 Å². The number of hydrogen-bond donors (Lipinski definition) is 1. The van der Waals surface area contributed by atoms with Crippen molar-refractivity contribution < 1.29 is 19.2 Å². The lowest BCUT2D eigenvalue weighted by molar-refractivity contribution is -0.385. The fourth-order valence-corrected chi connectivity index (χ4v) is 5.52. The van der Waals surface area contributed by atoms with Crippen LogP contribution in [0.3, 0.4) is 0 Å². The Morgan fingerprint density at radius 2 is 1.93 bits per heavy atom. The number of nitro benzene ring substituents is 1. The predicted molar refractivity (Wildman–Crippen MR) is 165 cm³/mol. The van der Waals surface area contributed by atoms with Gasteiger partial charge in [-0.3, -0.25) is 15.1 Å². The molecule has 224 valence electrons. The van der Waals surface area contributed by atoms with Gasteiger partial charge in [0, 0.05) is 42.3 Å². The summed E-state index contributed by atoms with van der Waals surface area (Å²) in [6.45, 7) is 6.93. The van der Waals surface area contributed by atoms with Gasteiger partial charge in [-0.1, -0.05) is 29.5 Å². The van der Waals surface area contributed by atoms with Crippen LogP contribution >= 0.6 is 11.6 Å². The number of ether oxygens (including phenoxy) is 2. The molecule has 3 heterocycles. The number of piperidine rings is 1. The maximum Gasteiger partial charge on any atom is 0.410 e. The fraction of sp³-hybridized carbons (Fsp3) is 0.312. The Bertz CT molecular complexity index is 1810. The standard InChI is InChI=1S/C32H29ClN6O5/c1-32(2,3)44-31(40)38-15-24-22(25(24)16-38)9-7-19-12-27-23(14-28(19)39(41)42)30(36-18-35-27)37-20-8-10-29(26(33)13-20)43-17-21-6-4-5-11-34-21/h4-6,8,10-14,18,22,24-25H,15-17H2,1-3H3,(H,35,36,37). The molecule has 1 aliphatic carbocycles. The first-order valence-electron chi connectivity index (χ1n) is 14.1. The first kappa shape index (κ1) is 29.1. The highest BCUT2D eigenvalue weighted by atomic mass is 35.5. The van der Waals surface area contributed by atoms with Gasteiger partial charge < -0.3 is 19.7 Å². The number of carbonyl (C=O) groups excluding carboxylic acids is 1. The number of pyridine rings is 1. The van der Waals surface area contributed by atoms with E-state index in [0.717, 1.165) is 5.69 Å². The van der Waals surface area contributed by atoms with Gasteiger partial charge in [0.05, 0.1) is 21.2 Å². The number of aromatic nitrogens is 3. The minimum absolute atomic E-state index is 0.0762. The van der Waals surface area contributed by atoms with Gasteiger partial charge in [0.2, 0.25) is 0 Å². The van der Waals surface area contributed by atoms with Crippen LogP contribution in [0.1, 0.15) is 32.0 Å². The molecule has 1 amide bonds. The average Bonchev–Trinajstić information content (AvgIpc) is 3.42. The second kappa shape index (κ2) is 11.6. The first-order chi connectivity index (χ1) is 21.1. The molecule has 2 aromatic heterocycles. The Balaban J connectivity index is 1.17. The molecule has 4 aromatic rings.